The Labute approximate surface area is 99.4 Å². The van der Waals surface area contributed by atoms with Crippen molar-refractivity contribution in [1.82, 2.24) is 9.78 Å². The third-order valence-corrected chi connectivity index (χ3v) is 3.33. The monoisotopic (exact) mass is 240 g/mol. The number of nitrogens with zero attached hydrogens (tertiary/aromatic N) is 2. The minimum absolute atomic E-state index is 0.0483. The summed E-state index contributed by atoms with van der Waals surface area (Å²) in [5, 5.41) is 12.6. The fraction of sp³-hybridized carbons (Fsp3) is 0.667. The Morgan fingerprint density at radius 2 is 2.18 bits per heavy atom. The second-order valence-corrected chi connectivity index (χ2v) is 4.59. The van der Waals surface area contributed by atoms with Crippen LogP contribution in [0.2, 0.25) is 0 Å². The Morgan fingerprint density at radius 3 is 2.82 bits per heavy atom. The molecule has 0 saturated heterocycles. The molecule has 1 aliphatic rings. The fourth-order valence-electron chi connectivity index (χ4n) is 2.37. The molecule has 0 unspecified atom stereocenters. The predicted octanol–water partition coefficient (Wildman–Crippen LogP) is 2.54. The van der Waals surface area contributed by atoms with Gasteiger partial charge in [-0.05, 0) is 19.3 Å². The molecule has 1 aromatic rings. The molecule has 2 rings (SSSR count). The fourth-order valence-corrected chi connectivity index (χ4v) is 2.37. The van der Waals surface area contributed by atoms with Gasteiger partial charge in [0.2, 0.25) is 5.95 Å². The third kappa shape index (κ3) is 2.84. The first-order valence-corrected chi connectivity index (χ1v) is 6.12. The van der Waals surface area contributed by atoms with E-state index in [0.29, 0.717) is 5.56 Å². The highest BCUT2D eigenvalue weighted by Crippen LogP contribution is 2.29. The maximum absolute atomic E-state index is 14.0. The van der Waals surface area contributed by atoms with Gasteiger partial charge >= 0.3 is 5.97 Å². The van der Waals surface area contributed by atoms with Crippen molar-refractivity contribution in [2.45, 2.75) is 51.0 Å². The van der Waals surface area contributed by atoms with Gasteiger partial charge in [-0.25, -0.2) is 4.68 Å². The molecule has 1 fully saturated rings. The van der Waals surface area contributed by atoms with Crippen LogP contribution >= 0.6 is 0 Å². The van der Waals surface area contributed by atoms with E-state index in [-0.39, 0.29) is 24.8 Å². The summed E-state index contributed by atoms with van der Waals surface area (Å²) in [5.41, 5.74) is 0.415. The van der Waals surface area contributed by atoms with E-state index in [1.807, 2.05) is 0 Å². The first kappa shape index (κ1) is 12.1. The SMILES string of the molecule is O=C(O)CCc1cnn(C2CCCCC2)c1F. The number of hydrogen-bond donors (Lipinski definition) is 1. The van der Waals surface area contributed by atoms with Crippen LogP contribution in [0.5, 0.6) is 0 Å². The second kappa shape index (κ2) is 5.29. The zero-order valence-electron chi connectivity index (χ0n) is 9.73. The van der Waals surface area contributed by atoms with Gasteiger partial charge in [0, 0.05) is 12.0 Å². The van der Waals surface area contributed by atoms with Crippen LogP contribution in [-0.4, -0.2) is 20.9 Å². The molecule has 0 amide bonds. The van der Waals surface area contributed by atoms with Gasteiger partial charge in [-0.1, -0.05) is 19.3 Å². The van der Waals surface area contributed by atoms with Crippen LogP contribution in [0.4, 0.5) is 4.39 Å². The van der Waals surface area contributed by atoms with Crippen LogP contribution in [0, 0.1) is 5.95 Å². The molecule has 1 aliphatic carbocycles. The maximum atomic E-state index is 14.0. The van der Waals surface area contributed by atoms with Crippen LogP contribution in [0.1, 0.15) is 50.1 Å². The van der Waals surface area contributed by atoms with Gasteiger partial charge in [-0.2, -0.15) is 9.49 Å². The van der Waals surface area contributed by atoms with Crippen LogP contribution in [0.15, 0.2) is 6.20 Å². The predicted molar refractivity (Wildman–Crippen MR) is 60.3 cm³/mol. The molecule has 17 heavy (non-hydrogen) atoms. The largest absolute Gasteiger partial charge is 0.481 e. The standard InChI is InChI=1S/C12H17FN2O2/c13-12-9(6-7-11(16)17)8-14-15(12)10-4-2-1-3-5-10/h8,10H,1-7H2,(H,16,17). The summed E-state index contributed by atoms with van der Waals surface area (Å²) >= 11 is 0. The number of hydrogen-bond acceptors (Lipinski definition) is 2. The molecule has 0 spiro atoms. The third-order valence-electron chi connectivity index (χ3n) is 3.33. The Kier molecular flexibility index (Phi) is 3.76. The number of aryl methyl sites for hydroxylation is 1. The summed E-state index contributed by atoms with van der Waals surface area (Å²) in [7, 11) is 0. The van der Waals surface area contributed by atoms with Gasteiger partial charge in [0.1, 0.15) is 0 Å². The summed E-state index contributed by atoms with van der Waals surface area (Å²) in [5.74, 6) is -1.26. The zero-order chi connectivity index (χ0) is 12.3. The van der Waals surface area contributed by atoms with E-state index in [0.717, 1.165) is 25.7 Å². The highest BCUT2D eigenvalue weighted by molar-refractivity contribution is 5.67. The number of aromatic nitrogens is 2. The Bertz CT molecular complexity index is 397. The molecule has 1 N–H and O–H groups in total. The average Bonchev–Trinajstić information content (AvgIpc) is 2.69. The van der Waals surface area contributed by atoms with E-state index in [9.17, 15) is 9.18 Å². The average molecular weight is 240 g/mol. The lowest BCUT2D eigenvalue weighted by Gasteiger charge is -2.22. The number of rotatable bonds is 4. The minimum atomic E-state index is -0.908. The zero-order valence-corrected chi connectivity index (χ0v) is 9.73. The number of carboxylic acids is 1. The highest BCUT2D eigenvalue weighted by atomic mass is 19.1. The lowest BCUT2D eigenvalue weighted by Crippen LogP contribution is -2.16. The molecular weight excluding hydrogens is 223 g/mol. The van der Waals surface area contributed by atoms with E-state index in [4.69, 9.17) is 5.11 Å². The molecule has 1 heterocycles. The molecule has 0 radical (unpaired) electrons. The molecule has 5 heteroatoms. The van der Waals surface area contributed by atoms with Gasteiger partial charge < -0.3 is 5.11 Å². The Hall–Kier alpha value is -1.39. The van der Waals surface area contributed by atoms with Crippen molar-refractivity contribution in [2.24, 2.45) is 0 Å². The topological polar surface area (TPSA) is 55.1 Å². The second-order valence-electron chi connectivity index (χ2n) is 4.59. The van der Waals surface area contributed by atoms with E-state index in [1.165, 1.54) is 17.3 Å². The normalized spacial score (nSPS) is 17.2. The van der Waals surface area contributed by atoms with E-state index in [1.54, 1.807) is 0 Å². The molecule has 0 aliphatic heterocycles. The Balaban J connectivity index is 2.05. The minimum Gasteiger partial charge on any atom is -0.481 e. The molecule has 94 valence electrons. The van der Waals surface area contributed by atoms with Gasteiger partial charge in [0.05, 0.1) is 12.2 Å². The summed E-state index contributed by atoms with van der Waals surface area (Å²) in [4.78, 5) is 10.4. The molecule has 0 aromatic carbocycles. The smallest absolute Gasteiger partial charge is 0.303 e. The number of carbonyl (C=O) groups is 1. The summed E-state index contributed by atoms with van der Waals surface area (Å²) in [6.07, 6.45) is 7.02. The van der Waals surface area contributed by atoms with E-state index in [2.05, 4.69) is 5.10 Å². The van der Waals surface area contributed by atoms with E-state index >= 15 is 0 Å². The van der Waals surface area contributed by atoms with Crippen LogP contribution < -0.4 is 0 Å². The molecule has 1 saturated carbocycles. The van der Waals surface area contributed by atoms with E-state index < -0.39 is 5.97 Å². The molecule has 0 bridgehead atoms. The van der Waals surface area contributed by atoms with Crippen molar-refractivity contribution in [1.29, 1.82) is 0 Å². The lowest BCUT2D eigenvalue weighted by molar-refractivity contribution is -0.136. The number of aliphatic carboxylic acids is 1. The quantitative estimate of drug-likeness (QED) is 0.879. The van der Waals surface area contributed by atoms with Gasteiger partial charge in [0.15, 0.2) is 0 Å². The van der Waals surface area contributed by atoms with Crippen molar-refractivity contribution in [2.75, 3.05) is 0 Å². The molecule has 4 nitrogen and oxygen atoms in total. The molecule has 1 aromatic heterocycles. The summed E-state index contributed by atoms with van der Waals surface area (Å²) in [6, 6.07) is 0.155. The van der Waals surface area contributed by atoms with Gasteiger partial charge in [-0.3, -0.25) is 4.79 Å². The van der Waals surface area contributed by atoms with Gasteiger partial charge in [0.25, 0.3) is 0 Å². The highest BCUT2D eigenvalue weighted by Gasteiger charge is 2.21. The summed E-state index contributed by atoms with van der Waals surface area (Å²) in [6.45, 7) is 0. The van der Waals surface area contributed by atoms with Crippen molar-refractivity contribution < 1.29 is 14.3 Å². The van der Waals surface area contributed by atoms with Crippen molar-refractivity contribution in [3.8, 4) is 0 Å². The van der Waals surface area contributed by atoms with Gasteiger partial charge in [-0.15, -0.1) is 0 Å². The van der Waals surface area contributed by atoms with Crippen LogP contribution in [0.3, 0.4) is 0 Å². The lowest BCUT2D eigenvalue weighted by atomic mass is 9.96. The van der Waals surface area contributed by atoms with Crippen LogP contribution in [-0.2, 0) is 11.2 Å². The maximum Gasteiger partial charge on any atom is 0.303 e. The van der Waals surface area contributed by atoms with Crippen molar-refractivity contribution in [3.63, 3.8) is 0 Å². The summed E-state index contributed by atoms with van der Waals surface area (Å²) < 4.78 is 15.4. The van der Waals surface area contributed by atoms with Crippen molar-refractivity contribution >= 4 is 5.97 Å². The number of carboxylic acid groups (broad SMARTS) is 1. The Morgan fingerprint density at radius 1 is 1.47 bits per heavy atom. The first-order valence-electron chi connectivity index (χ1n) is 6.12. The first-order chi connectivity index (χ1) is 8.18. The number of halogens is 1. The van der Waals surface area contributed by atoms with Crippen molar-refractivity contribution in [3.05, 3.63) is 17.7 Å². The molecular formula is C12H17FN2O2. The van der Waals surface area contributed by atoms with Crippen LogP contribution in [0.25, 0.3) is 0 Å². The molecule has 0 atom stereocenters.